The largest absolute Gasteiger partial charge is 0.487 e. The van der Waals surface area contributed by atoms with E-state index < -0.39 is 0 Å². The van der Waals surface area contributed by atoms with Crippen molar-refractivity contribution < 1.29 is 9.53 Å². The number of ketones is 1. The van der Waals surface area contributed by atoms with Gasteiger partial charge in [-0.2, -0.15) is 5.10 Å². The molecule has 0 saturated carbocycles. The molecular weight excluding hydrogens is 409 g/mol. The van der Waals surface area contributed by atoms with Crippen LogP contribution in [-0.4, -0.2) is 21.0 Å². The van der Waals surface area contributed by atoms with Crippen LogP contribution in [0.1, 0.15) is 27.2 Å². The molecular formula is C22H17Cl2N3O2. The van der Waals surface area contributed by atoms with Crippen LogP contribution in [0.15, 0.2) is 54.7 Å². The van der Waals surface area contributed by atoms with E-state index in [1.807, 2.05) is 43.3 Å². The molecule has 0 atom stereocenters. The van der Waals surface area contributed by atoms with Crippen molar-refractivity contribution in [3.8, 4) is 5.75 Å². The van der Waals surface area contributed by atoms with E-state index in [1.54, 1.807) is 18.3 Å². The van der Waals surface area contributed by atoms with Crippen molar-refractivity contribution in [2.75, 3.05) is 0 Å². The topological polar surface area (TPSA) is 67.9 Å². The number of hydrogen-bond acceptors (Lipinski definition) is 4. The predicted octanol–water partition coefficient (Wildman–Crippen LogP) is 5.58. The highest BCUT2D eigenvalue weighted by Gasteiger charge is 2.20. The van der Waals surface area contributed by atoms with E-state index >= 15 is 0 Å². The van der Waals surface area contributed by atoms with E-state index in [-0.39, 0.29) is 22.8 Å². The molecule has 7 heteroatoms. The van der Waals surface area contributed by atoms with Gasteiger partial charge in [-0.05, 0) is 36.2 Å². The highest BCUT2D eigenvalue weighted by Crippen LogP contribution is 2.35. The molecule has 0 unspecified atom stereocenters. The van der Waals surface area contributed by atoms with Crippen molar-refractivity contribution in [1.29, 1.82) is 0 Å². The minimum atomic E-state index is -0.201. The van der Waals surface area contributed by atoms with Gasteiger partial charge in [0.15, 0.2) is 11.4 Å². The first-order valence-electron chi connectivity index (χ1n) is 9.00. The van der Waals surface area contributed by atoms with Crippen LogP contribution in [0.4, 0.5) is 0 Å². The number of aryl methyl sites for hydroxylation is 1. The minimum Gasteiger partial charge on any atom is -0.487 e. The molecule has 1 N–H and O–H groups in total. The molecule has 2 heterocycles. The Morgan fingerprint density at radius 1 is 1.10 bits per heavy atom. The zero-order valence-corrected chi connectivity index (χ0v) is 17.1. The first-order chi connectivity index (χ1) is 14.0. The number of H-pyrrole nitrogens is 1. The van der Waals surface area contributed by atoms with Crippen molar-refractivity contribution in [2.45, 2.75) is 20.0 Å². The maximum Gasteiger partial charge on any atom is 0.181 e. The van der Waals surface area contributed by atoms with Crippen LogP contribution in [0, 0.1) is 6.92 Å². The highest BCUT2D eigenvalue weighted by molar-refractivity contribution is 6.40. The molecule has 0 bridgehead atoms. The highest BCUT2D eigenvalue weighted by atomic mass is 35.5. The van der Waals surface area contributed by atoms with E-state index in [2.05, 4.69) is 15.2 Å². The average molecular weight is 426 g/mol. The van der Waals surface area contributed by atoms with Crippen LogP contribution >= 0.6 is 23.2 Å². The fraction of sp³-hybridized carbons (Fsp3) is 0.136. The number of carbonyl (C=O) groups is 1. The van der Waals surface area contributed by atoms with Crippen LogP contribution in [0.2, 0.25) is 10.0 Å². The molecule has 0 spiro atoms. The summed E-state index contributed by atoms with van der Waals surface area (Å²) in [6.07, 6.45) is 1.76. The minimum absolute atomic E-state index is 0.120. The number of nitrogens with one attached hydrogen (secondary N) is 1. The molecule has 0 aliphatic rings. The Kier molecular flexibility index (Phi) is 5.51. The van der Waals surface area contributed by atoms with E-state index in [4.69, 9.17) is 27.9 Å². The van der Waals surface area contributed by atoms with Crippen LogP contribution in [0.5, 0.6) is 5.75 Å². The smallest absolute Gasteiger partial charge is 0.181 e. The number of benzene rings is 2. The number of nitrogens with zero attached hydrogens (tertiary/aromatic N) is 2. The summed E-state index contributed by atoms with van der Waals surface area (Å²) >= 11 is 12.8. The van der Waals surface area contributed by atoms with Gasteiger partial charge < -0.3 is 4.74 Å². The molecule has 0 saturated heterocycles. The monoisotopic (exact) mass is 425 g/mol. The normalized spacial score (nSPS) is 11.0. The Morgan fingerprint density at radius 2 is 1.90 bits per heavy atom. The van der Waals surface area contributed by atoms with E-state index in [0.29, 0.717) is 23.0 Å². The van der Waals surface area contributed by atoms with E-state index in [1.165, 1.54) is 0 Å². The first kappa shape index (κ1) is 19.4. The lowest BCUT2D eigenvalue weighted by atomic mass is 10.0. The summed E-state index contributed by atoms with van der Waals surface area (Å²) in [5, 5.41) is 8.38. The summed E-state index contributed by atoms with van der Waals surface area (Å²) < 4.78 is 5.81. The number of halogens is 2. The third-order valence-corrected chi connectivity index (χ3v) is 5.28. The average Bonchev–Trinajstić information content (AvgIpc) is 3.08. The lowest BCUT2D eigenvalue weighted by Gasteiger charge is -2.12. The van der Waals surface area contributed by atoms with Gasteiger partial charge in [0.1, 0.15) is 12.4 Å². The second-order valence-corrected chi connectivity index (χ2v) is 7.46. The Hall–Kier alpha value is -2.89. The molecule has 0 amide bonds. The third kappa shape index (κ3) is 4.11. The van der Waals surface area contributed by atoms with Gasteiger partial charge in [-0.3, -0.25) is 9.89 Å². The van der Waals surface area contributed by atoms with Crippen molar-refractivity contribution >= 4 is 40.0 Å². The maximum absolute atomic E-state index is 13.0. The zero-order chi connectivity index (χ0) is 20.4. The maximum atomic E-state index is 13.0. The first-order valence-corrected chi connectivity index (χ1v) is 9.76. The van der Waals surface area contributed by atoms with Gasteiger partial charge in [0.05, 0.1) is 15.6 Å². The molecule has 0 aliphatic heterocycles. The summed E-state index contributed by atoms with van der Waals surface area (Å²) in [7, 11) is 0. The van der Waals surface area contributed by atoms with Gasteiger partial charge in [0.2, 0.25) is 0 Å². The van der Waals surface area contributed by atoms with Crippen LogP contribution in [0.3, 0.4) is 0 Å². The summed E-state index contributed by atoms with van der Waals surface area (Å²) in [5.74, 6) is 0.218. The SMILES string of the molecule is Cc1[nH]nc2ncc(CC(=O)c3c(Cl)ccc(OCc4ccccc4)c3Cl)cc12. The molecule has 0 radical (unpaired) electrons. The van der Waals surface area contributed by atoms with Crippen LogP contribution < -0.4 is 4.74 Å². The van der Waals surface area contributed by atoms with E-state index in [9.17, 15) is 4.79 Å². The lowest BCUT2D eigenvalue weighted by Crippen LogP contribution is -2.07. The van der Waals surface area contributed by atoms with Gasteiger partial charge in [0.25, 0.3) is 0 Å². The lowest BCUT2D eigenvalue weighted by molar-refractivity contribution is 0.0992. The Labute approximate surface area is 177 Å². The van der Waals surface area contributed by atoms with Gasteiger partial charge in [-0.1, -0.05) is 53.5 Å². The number of carbonyl (C=O) groups excluding carboxylic acids is 1. The van der Waals surface area contributed by atoms with Gasteiger partial charge in [0, 0.05) is 23.7 Å². The zero-order valence-electron chi connectivity index (χ0n) is 15.6. The molecule has 0 fully saturated rings. The summed E-state index contributed by atoms with van der Waals surface area (Å²) in [6, 6.07) is 14.9. The van der Waals surface area contributed by atoms with Crippen molar-refractivity contribution in [2.24, 2.45) is 0 Å². The standard InChI is InChI=1S/C22H17Cl2N3O2/c1-13-16-9-15(11-25-22(16)27-26-13)10-18(28)20-17(23)7-8-19(21(20)24)29-12-14-5-3-2-4-6-14/h2-9,11H,10,12H2,1H3,(H,25,26,27). The quantitative estimate of drug-likeness (QED) is 0.409. The molecule has 2 aromatic carbocycles. The molecule has 146 valence electrons. The summed E-state index contributed by atoms with van der Waals surface area (Å²) in [4.78, 5) is 17.3. The fourth-order valence-corrected chi connectivity index (χ4v) is 3.71. The number of Topliss-reactive ketones (excluding diaryl/α,β-unsaturated/α-hetero) is 1. The van der Waals surface area contributed by atoms with Crippen molar-refractivity contribution in [3.63, 3.8) is 0 Å². The van der Waals surface area contributed by atoms with Gasteiger partial charge in [-0.25, -0.2) is 4.98 Å². The Balaban J connectivity index is 1.57. The summed E-state index contributed by atoms with van der Waals surface area (Å²) in [5.41, 5.74) is 3.53. The fourth-order valence-electron chi connectivity index (χ4n) is 3.07. The second-order valence-electron chi connectivity index (χ2n) is 6.67. The van der Waals surface area contributed by atoms with Crippen LogP contribution in [-0.2, 0) is 13.0 Å². The molecule has 2 aromatic heterocycles. The van der Waals surface area contributed by atoms with E-state index in [0.717, 1.165) is 22.2 Å². The molecule has 5 nitrogen and oxygen atoms in total. The Morgan fingerprint density at radius 3 is 2.69 bits per heavy atom. The molecule has 0 aliphatic carbocycles. The predicted molar refractivity (Wildman–Crippen MR) is 114 cm³/mol. The Bertz CT molecular complexity index is 1190. The number of ether oxygens (including phenoxy) is 1. The van der Waals surface area contributed by atoms with Crippen molar-refractivity contribution in [3.05, 3.63) is 87.2 Å². The molecule has 4 rings (SSSR count). The van der Waals surface area contributed by atoms with Gasteiger partial charge in [-0.15, -0.1) is 0 Å². The van der Waals surface area contributed by atoms with Crippen molar-refractivity contribution in [1.82, 2.24) is 15.2 Å². The number of rotatable bonds is 6. The summed E-state index contributed by atoms with van der Waals surface area (Å²) in [6.45, 7) is 2.25. The molecule has 29 heavy (non-hydrogen) atoms. The number of pyridine rings is 1. The second kappa shape index (κ2) is 8.23. The number of aromatic amines is 1. The number of hydrogen-bond donors (Lipinski definition) is 1. The number of aromatic nitrogens is 3. The number of fused-ring (bicyclic) bond motifs is 1. The van der Waals surface area contributed by atoms with Crippen LogP contribution in [0.25, 0.3) is 11.0 Å². The van der Waals surface area contributed by atoms with Gasteiger partial charge >= 0.3 is 0 Å². The third-order valence-electron chi connectivity index (χ3n) is 4.59. The molecule has 4 aromatic rings.